The van der Waals surface area contributed by atoms with Crippen molar-refractivity contribution in [1.82, 2.24) is 4.98 Å². The van der Waals surface area contributed by atoms with Crippen LogP contribution in [0.5, 0.6) is 0 Å². The maximum absolute atomic E-state index is 11.4. The highest BCUT2D eigenvalue weighted by Crippen LogP contribution is 2.29. The minimum absolute atomic E-state index is 0.452. The number of pyridine rings is 1. The van der Waals surface area contributed by atoms with Crippen LogP contribution in [0.25, 0.3) is 10.8 Å². The van der Waals surface area contributed by atoms with Gasteiger partial charge in [0.2, 0.25) is 0 Å². The third-order valence-corrected chi connectivity index (χ3v) is 3.71. The number of carboxylic acid groups (broad SMARTS) is 1. The SMILES string of the molecule is O=C(O)C1CCCCN1c1nccc2ccccc12. The molecule has 19 heavy (non-hydrogen) atoms. The molecule has 1 N–H and O–H groups in total. The van der Waals surface area contributed by atoms with E-state index in [9.17, 15) is 9.90 Å². The molecular weight excluding hydrogens is 240 g/mol. The molecule has 0 spiro atoms. The minimum Gasteiger partial charge on any atom is -0.480 e. The average Bonchev–Trinajstić information content (AvgIpc) is 2.46. The third-order valence-electron chi connectivity index (χ3n) is 3.71. The first kappa shape index (κ1) is 12.0. The molecule has 1 aromatic carbocycles. The molecule has 1 aliphatic rings. The number of hydrogen-bond donors (Lipinski definition) is 1. The molecule has 3 rings (SSSR count). The quantitative estimate of drug-likeness (QED) is 0.897. The zero-order valence-electron chi connectivity index (χ0n) is 10.6. The second kappa shape index (κ2) is 4.88. The van der Waals surface area contributed by atoms with Crippen LogP contribution in [-0.4, -0.2) is 28.6 Å². The van der Waals surface area contributed by atoms with E-state index < -0.39 is 12.0 Å². The van der Waals surface area contributed by atoms with Crippen LogP contribution in [0.2, 0.25) is 0 Å². The first-order chi connectivity index (χ1) is 9.27. The molecule has 0 radical (unpaired) electrons. The Hall–Kier alpha value is -2.10. The van der Waals surface area contributed by atoms with Gasteiger partial charge in [0.1, 0.15) is 11.9 Å². The summed E-state index contributed by atoms with van der Waals surface area (Å²) in [6, 6.07) is 9.49. The van der Waals surface area contributed by atoms with Crippen LogP contribution < -0.4 is 4.90 Å². The Kier molecular flexibility index (Phi) is 3.07. The fourth-order valence-electron chi connectivity index (χ4n) is 2.77. The van der Waals surface area contributed by atoms with E-state index in [1.165, 1.54) is 0 Å². The molecule has 0 saturated carbocycles. The number of aliphatic carboxylic acids is 1. The molecule has 2 heterocycles. The summed E-state index contributed by atoms with van der Waals surface area (Å²) in [4.78, 5) is 17.8. The third kappa shape index (κ3) is 2.14. The standard InChI is InChI=1S/C15H16N2O2/c18-15(19)13-7-3-4-10-17(13)14-12-6-2-1-5-11(12)8-9-16-14/h1-2,5-6,8-9,13H,3-4,7,10H2,(H,18,19). The van der Waals surface area contributed by atoms with E-state index in [0.29, 0.717) is 6.42 Å². The first-order valence-corrected chi connectivity index (χ1v) is 6.60. The summed E-state index contributed by atoms with van der Waals surface area (Å²) in [6.45, 7) is 0.762. The van der Waals surface area contributed by atoms with Gasteiger partial charge in [0.15, 0.2) is 0 Å². The van der Waals surface area contributed by atoms with Crippen LogP contribution in [-0.2, 0) is 4.79 Å². The van der Waals surface area contributed by atoms with Crippen molar-refractivity contribution in [2.45, 2.75) is 25.3 Å². The minimum atomic E-state index is -0.755. The number of aromatic nitrogens is 1. The molecule has 4 heteroatoms. The normalized spacial score (nSPS) is 19.6. The van der Waals surface area contributed by atoms with E-state index in [1.807, 2.05) is 35.2 Å². The van der Waals surface area contributed by atoms with Gasteiger partial charge in [-0.15, -0.1) is 0 Å². The second-order valence-corrected chi connectivity index (χ2v) is 4.90. The second-order valence-electron chi connectivity index (χ2n) is 4.90. The van der Waals surface area contributed by atoms with Gasteiger partial charge in [0, 0.05) is 18.1 Å². The number of carboxylic acids is 1. The van der Waals surface area contributed by atoms with Gasteiger partial charge < -0.3 is 10.0 Å². The summed E-state index contributed by atoms with van der Waals surface area (Å²) in [7, 11) is 0. The number of piperidine rings is 1. The molecule has 1 unspecified atom stereocenters. The molecule has 0 amide bonds. The Bertz CT molecular complexity index is 607. The average molecular weight is 256 g/mol. The van der Waals surface area contributed by atoms with Crippen LogP contribution in [0.4, 0.5) is 5.82 Å². The van der Waals surface area contributed by atoms with Gasteiger partial charge in [-0.1, -0.05) is 24.3 Å². The highest BCUT2D eigenvalue weighted by atomic mass is 16.4. The highest BCUT2D eigenvalue weighted by Gasteiger charge is 2.30. The number of nitrogens with zero attached hydrogens (tertiary/aromatic N) is 2. The lowest BCUT2D eigenvalue weighted by Gasteiger charge is -2.34. The van der Waals surface area contributed by atoms with Crippen molar-refractivity contribution in [3.05, 3.63) is 36.5 Å². The summed E-state index contributed by atoms with van der Waals surface area (Å²) >= 11 is 0. The van der Waals surface area contributed by atoms with Crippen LogP contribution >= 0.6 is 0 Å². The smallest absolute Gasteiger partial charge is 0.326 e. The fourth-order valence-corrected chi connectivity index (χ4v) is 2.77. The summed E-state index contributed by atoms with van der Waals surface area (Å²) < 4.78 is 0. The number of carbonyl (C=O) groups is 1. The largest absolute Gasteiger partial charge is 0.480 e. The van der Waals surface area contributed by atoms with E-state index in [-0.39, 0.29) is 0 Å². The summed E-state index contributed by atoms with van der Waals surface area (Å²) in [5.74, 6) is 0.0413. The molecule has 1 saturated heterocycles. The number of benzene rings is 1. The zero-order valence-corrected chi connectivity index (χ0v) is 10.6. The number of rotatable bonds is 2. The van der Waals surface area contributed by atoms with Gasteiger partial charge in [-0.3, -0.25) is 0 Å². The van der Waals surface area contributed by atoms with Crippen molar-refractivity contribution < 1.29 is 9.90 Å². The molecule has 1 fully saturated rings. The van der Waals surface area contributed by atoms with Crippen LogP contribution in [0.3, 0.4) is 0 Å². The lowest BCUT2D eigenvalue weighted by atomic mass is 10.0. The van der Waals surface area contributed by atoms with Crippen LogP contribution in [0.15, 0.2) is 36.5 Å². The van der Waals surface area contributed by atoms with Gasteiger partial charge in [-0.2, -0.15) is 0 Å². The van der Waals surface area contributed by atoms with Gasteiger partial charge in [-0.05, 0) is 30.7 Å². The Balaban J connectivity index is 2.09. The Morgan fingerprint density at radius 3 is 2.95 bits per heavy atom. The monoisotopic (exact) mass is 256 g/mol. The number of anilines is 1. The molecule has 2 aromatic rings. The number of hydrogen-bond acceptors (Lipinski definition) is 3. The lowest BCUT2D eigenvalue weighted by molar-refractivity contribution is -0.139. The van der Waals surface area contributed by atoms with Crippen molar-refractivity contribution in [2.24, 2.45) is 0 Å². The van der Waals surface area contributed by atoms with E-state index in [4.69, 9.17) is 0 Å². The topological polar surface area (TPSA) is 53.4 Å². The van der Waals surface area contributed by atoms with Gasteiger partial charge in [-0.25, -0.2) is 9.78 Å². The number of fused-ring (bicyclic) bond motifs is 1. The Morgan fingerprint density at radius 1 is 1.26 bits per heavy atom. The highest BCUT2D eigenvalue weighted by molar-refractivity contribution is 5.93. The zero-order chi connectivity index (χ0) is 13.2. The molecule has 1 aliphatic heterocycles. The fraction of sp³-hybridized carbons (Fsp3) is 0.333. The van der Waals surface area contributed by atoms with Crippen molar-refractivity contribution in [1.29, 1.82) is 0 Å². The molecule has 0 bridgehead atoms. The molecule has 4 nitrogen and oxygen atoms in total. The van der Waals surface area contributed by atoms with Gasteiger partial charge in [0.25, 0.3) is 0 Å². The molecule has 0 aliphatic carbocycles. The van der Waals surface area contributed by atoms with Crippen LogP contribution in [0, 0.1) is 0 Å². The van der Waals surface area contributed by atoms with Crippen molar-refractivity contribution in [3.63, 3.8) is 0 Å². The molecular formula is C15H16N2O2. The van der Waals surface area contributed by atoms with Crippen LogP contribution in [0.1, 0.15) is 19.3 Å². The predicted octanol–water partition coefficient (Wildman–Crippen LogP) is 2.68. The van der Waals surface area contributed by atoms with E-state index in [2.05, 4.69) is 4.98 Å². The molecule has 1 atom stereocenters. The first-order valence-electron chi connectivity index (χ1n) is 6.60. The molecule has 98 valence electrons. The van der Waals surface area contributed by atoms with Crippen molar-refractivity contribution in [2.75, 3.05) is 11.4 Å². The summed E-state index contributed by atoms with van der Waals surface area (Å²) in [5.41, 5.74) is 0. The van der Waals surface area contributed by atoms with E-state index in [0.717, 1.165) is 36.0 Å². The molecule has 1 aromatic heterocycles. The summed E-state index contributed by atoms with van der Waals surface area (Å²) in [5, 5.41) is 11.5. The summed E-state index contributed by atoms with van der Waals surface area (Å²) in [6.07, 6.45) is 4.44. The predicted molar refractivity (Wildman–Crippen MR) is 74.4 cm³/mol. The maximum atomic E-state index is 11.4. The maximum Gasteiger partial charge on any atom is 0.326 e. The van der Waals surface area contributed by atoms with E-state index in [1.54, 1.807) is 6.20 Å². The lowest BCUT2D eigenvalue weighted by Crippen LogP contribution is -2.45. The van der Waals surface area contributed by atoms with Crippen molar-refractivity contribution >= 4 is 22.6 Å². The Morgan fingerprint density at radius 2 is 2.11 bits per heavy atom. The van der Waals surface area contributed by atoms with Crippen molar-refractivity contribution in [3.8, 4) is 0 Å². The van der Waals surface area contributed by atoms with E-state index >= 15 is 0 Å². The Labute approximate surface area is 111 Å². The van der Waals surface area contributed by atoms with Gasteiger partial charge >= 0.3 is 5.97 Å². The van der Waals surface area contributed by atoms with Gasteiger partial charge in [0.05, 0.1) is 0 Å².